The highest BCUT2D eigenvalue weighted by molar-refractivity contribution is 6.31. The van der Waals surface area contributed by atoms with Crippen molar-refractivity contribution in [3.63, 3.8) is 0 Å². The van der Waals surface area contributed by atoms with Crippen LogP contribution in [0.15, 0.2) is 61.1 Å². The maximum Gasteiger partial charge on any atom is 0.0996 e. The minimum atomic E-state index is 0.688. The molecule has 25 heavy (non-hydrogen) atoms. The third-order valence-electron chi connectivity index (χ3n) is 3.92. The summed E-state index contributed by atoms with van der Waals surface area (Å²) in [6, 6.07) is 13.7. The van der Waals surface area contributed by atoms with Gasteiger partial charge >= 0.3 is 0 Å². The van der Waals surface area contributed by atoms with Gasteiger partial charge in [-0.15, -0.1) is 0 Å². The lowest BCUT2D eigenvalue weighted by Crippen LogP contribution is -1.87. The molecule has 3 heterocycles. The lowest BCUT2D eigenvalue weighted by molar-refractivity contribution is 0.770. The van der Waals surface area contributed by atoms with Gasteiger partial charge in [0, 0.05) is 47.2 Å². The van der Waals surface area contributed by atoms with Crippen LogP contribution in [0.25, 0.3) is 34.3 Å². The van der Waals surface area contributed by atoms with E-state index in [-0.39, 0.29) is 0 Å². The van der Waals surface area contributed by atoms with Crippen LogP contribution in [0.3, 0.4) is 0 Å². The van der Waals surface area contributed by atoms with Gasteiger partial charge in [0.15, 0.2) is 0 Å². The van der Waals surface area contributed by atoms with E-state index in [9.17, 15) is 0 Å². The standard InChI is InChI=1S/C20H15ClN4/c1-25-13-16(20(24-25)15-8-10-22-11-9-15)4-7-18-6-3-14-2-5-17(21)12-19(14)23-18/h2-13H,1H3. The quantitative estimate of drug-likeness (QED) is 0.532. The first-order valence-corrected chi connectivity index (χ1v) is 8.25. The van der Waals surface area contributed by atoms with E-state index in [4.69, 9.17) is 11.6 Å². The van der Waals surface area contributed by atoms with Gasteiger partial charge in [0.2, 0.25) is 0 Å². The molecular formula is C20H15ClN4. The van der Waals surface area contributed by atoms with Gasteiger partial charge in [-0.2, -0.15) is 5.10 Å². The Labute approximate surface area is 150 Å². The van der Waals surface area contributed by atoms with E-state index in [0.29, 0.717) is 5.02 Å². The average molecular weight is 347 g/mol. The summed E-state index contributed by atoms with van der Waals surface area (Å²) in [6.45, 7) is 0. The number of halogens is 1. The lowest BCUT2D eigenvalue weighted by Gasteiger charge is -2.00. The van der Waals surface area contributed by atoms with E-state index < -0.39 is 0 Å². The van der Waals surface area contributed by atoms with E-state index in [1.54, 1.807) is 12.4 Å². The van der Waals surface area contributed by atoms with Crippen molar-refractivity contribution in [2.24, 2.45) is 7.05 Å². The summed E-state index contributed by atoms with van der Waals surface area (Å²) in [4.78, 5) is 8.72. The minimum Gasteiger partial charge on any atom is -0.275 e. The number of fused-ring (bicyclic) bond motifs is 1. The summed E-state index contributed by atoms with van der Waals surface area (Å²) in [5.74, 6) is 0. The number of pyridine rings is 2. The highest BCUT2D eigenvalue weighted by atomic mass is 35.5. The van der Waals surface area contributed by atoms with Crippen LogP contribution in [-0.4, -0.2) is 19.7 Å². The molecule has 0 amide bonds. The zero-order chi connectivity index (χ0) is 17.2. The molecular weight excluding hydrogens is 332 g/mol. The zero-order valence-corrected chi connectivity index (χ0v) is 14.4. The molecule has 0 aliphatic rings. The number of nitrogens with zero attached hydrogens (tertiary/aromatic N) is 4. The van der Waals surface area contributed by atoms with Gasteiger partial charge in [0.25, 0.3) is 0 Å². The van der Waals surface area contributed by atoms with Crippen LogP contribution >= 0.6 is 11.6 Å². The van der Waals surface area contributed by atoms with Gasteiger partial charge in [-0.25, -0.2) is 4.98 Å². The molecule has 0 radical (unpaired) electrons. The van der Waals surface area contributed by atoms with Crippen LogP contribution in [0, 0.1) is 0 Å². The van der Waals surface area contributed by atoms with E-state index in [0.717, 1.165) is 33.4 Å². The van der Waals surface area contributed by atoms with E-state index in [2.05, 4.69) is 15.1 Å². The summed E-state index contributed by atoms with van der Waals surface area (Å²) in [5.41, 5.74) is 4.75. The normalized spacial score (nSPS) is 11.4. The monoisotopic (exact) mass is 346 g/mol. The SMILES string of the molecule is Cn1cc(C=Cc2ccc3ccc(Cl)cc3n2)c(-c2ccncc2)n1. The van der Waals surface area contributed by atoms with Crippen molar-refractivity contribution < 1.29 is 0 Å². The van der Waals surface area contributed by atoms with Gasteiger partial charge in [-0.05, 0) is 42.5 Å². The topological polar surface area (TPSA) is 43.6 Å². The predicted octanol–water partition coefficient (Wildman–Crippen LogP) is 4.85. The molecule has 0 atom stereocenters. The third kappa shape index (κ3) is 3.30. The van der Waals surface area contributed by atoms with Crippen molar-refractivity contribution >= 4 is 34.7 Å². The molecule has 1 aromatic carbocycles. The molecule has 0 saturated carbocycles. The Balaban J connectivity index is 1.71. The maximum atomic E-state index is 6.06. The number of aromatic nitrogens is 4. The molecule has 0 spiro atoms. The predicted molar refractivity (Wildman–Crippen MR) is 102 cm³/mol. The van der Waals surface area contributed by atoms with Crippen LogP contribution in [0.2, 0.25) is 5.02 Å². The maximum absolute atomic E-state index is 6.06. The molecule has 0 unspecified atom stereocenters. The van der Waals surface area contributed by atoms with Crippen LogP contribution in [0.1, 0.15) is 11.3 Å². The van der Waals surface area contributed by atoms with E-state index in [1.165, 1.54) is 0 Å². The van der Waals surface area contributed by atoms with Gasteiger partial charge in [-0.3, -0.25) is 9.67 Å². The second-order valence-electron chi connectivity index (χ2n) is 5.75. The molecule has 4 aromatic rings. The molecule has 0 aliphatic heterocycles. The van der Waals surface area contributed by atoms with Crippen molar-refractivity contribution in [1.82, 2.24) is 19.7 Å². The fourth-order valence-electron chi connectivity index (χ4n) is 2.74. The van der Waals surface area contributed by atoms with E-state index in [1.807, 2.05) is 72.5 Å². The van der Waals surface area contributed by atoms with E-state index >= 15 is 0 Å². The van der Waals surface area contributed by atoms with Crippen LogP contribution in [0.4, 0.5) is 0 Å². The summed E-state index contributed by atoms with van der Waals surface area (Å²) in [5, 5.41) is 6.31. The van der Waals surface area contributed by atoms with Crippen molar-refractivity contribution in [1.29, 1.82) is 0 Å². The lowest BCUT2D eigenvalue weighted by atomic mass is 10.1. The fourth-order valence-corrected chi connectivity index (χ4v) is 2.90. The van der Waals surface area contributed by atoms with Gasteiger partial charge in [-0.1, -0.05) is 23.7 Å². The molecule has 4 nitrogen and oxygen atoms in total. The largest absolute Gasteiger partial charge is 0.275 e. The van der Waals surface area contributed by atoms with Gasteiger partial charge in [0.1, 0.15) is 0 Å². The Morgan fingerprint density at radius 2 is 1.80 bits per heavy atom. The van der Waals surface area contributed by atoms with Crippen molar-refractivity contribution in [2.45, 2.75) is 0 Å². The number of hydrogen-bond donors (Lipinski definition) is 0. The summed E-state index contributed by atoms with van der Waals surface area (Å²) >= 11 is 6.06. The first-order chi connectivity index (χ1) is 12.2. The zero-order valence-electron chi connectivity index (χ0n) is 13.6. The Kier molecular flexibility index (Phi) is 4.04. The molecule has 0 fully saturated rings. The van der Waals surface area contributed by atoms with Crippen molar-refractivity contribution in [3.8, 4) is 11.3 Å². The number of rotatable bonds is 3. The molecule has 122 valence electrons. The van der Waals surface area contributed by atoms with Crippen molar-refractivity contribution in [2.75, 3.05) is 0 Å². The first-order valence-electron chi connectivity index (χ1n) is 7.87. The van der Waals surface area contributed by atoms with Crippen LogP contribution in [-0.2, 0) is 7.05 Å². The van der Waals surface area contributed by atoms with Gasteiger partial charge < -0.3 is 0 Å². The molecule has 0 saturated heterocycles. The summed E-state index contributed by atoms with van der Waals surface area (Å²) < 4.78 is 1.81. The first kappa shape index (κ1) is 15.5. The molecule has 5 heteroatoms. The minimum absolute atomic E-state index is 0.688. The second-order valence-corrected chi connectivity index (χ2v) is 6.19. The highest BCUT2D eigenvalue weighted by Crippen LogP contribution is 2.23. The number of benzene rings is 1. The Morgan fingerprint density at radius 1 is 1.00 bits per heavy atom. The average Bonchev–Trinajstić information content (AvgIpc) is 3.01. The van der Waals surface area contributed by atoms with Crippen LogP contribution < -0.4 is 0 Å². The molecule has 4 rings (SSSR count). The third-order valence-corrected chi connectivity index (χ3v) is 4.16. The summed E-state index contributed by atoms with van der Waals surface area (Å²) in [6.07, 6.45) is 9.55. The molecule has 0 N–H and O–H groups in total. The molecule has 0 aliphatic carbocycles. The Morgan fingerprint density at radius 3 is 2.64 bits per heavy atom. The Bertz CT molecular complexity index is 1070. The fraction of sp³-hybridized carbons (Fsp3) is 0.0500. The second kappa shape index (κ2) is 6.49. The smallest absolute Gasteiger partial charge is 0.0996 e. The molecule has 3 aromatic heterocycles. The van der Waals surface area contributed by atoms with Crippen LogP contribution in [0.5, 0.6) is 0 Å². The van der Waals surface area contributed by atoms with Crippen molar-refractivity contribution in [3.05, 3.63) is 77.3 Å². The number of hydrogen-bond acceptors (Lipinski definition) is 3. The number of aryl methyl sites for hydroxylation is 1. The molecule has 0 bridgehead atoms. The summed E-state index contributed by atoms with van der Waals surface area (Å²) in [7, 11) is 1.91. The Hall–Kier alpha value is -2.98. The van der Waals surface area contributed by atoms with Gasteiger partial charge in [0.05, 0.1) is 16.9 Å². The highest BCUT2D eigenvalue weighted by Gasteiger charge is 2.07.